The molecule has 12 rings (SSSR count). The van der Waals surface area contributed by atoms with Gasteiger partial charge >= 0.3 is 0 Å². The highest BCUT2D eigenvalue weighted by atomic mass is 32.1. The van der Waals surface area contributed by atoms with E-state index in [4.69, 9.17) is 15.0 Å². The number of rotatable bonds is 8. The van der Waals surface area contributed by atoms with Gasteiger partial charge in [0.1, 0.15) is 11.6 Å². The lowest BCUT2D eigenvalue weighted by Gasteiger charge is -2.26. The van der Waals surface area contributed by atoms with E-state index in [2.05, 4.69) is 202 Å². The normalized spacial score (nSPS) is 11.5. The standard InChI is InChI=1S/C55H36N6S/c1-3-13-40(14-4-1)60-48-20-10-8-18-46(48)57-54(60)38-25-31-43(32-26-38)59(42-29-23-37(24-30-42)53-52-45-17-7-12-22-50(45)62-51(52)35-36-56-53)44-33-27-39(28-34-44)55-58-47-19-9-11-21-49(47)61(55)41-15-5-2-6-16-41/h1-36H. The number of imidazole rings is 2. The lowest BCUT2D eigenvalue weighted by atomic mass is 10.0. The average molecular weight is 813 g/mol. The molecule has 12 aromatic rings. The van der Waals surface area contributed by atoms with Crippen molar-refractivity contribution in [2.45, 2.75) is 0 Å². The number of benzene rings is 8. The van der Waals surface area contributed by atoms with E-state index >= 15 is 0 Å². The van der Waals surface area contributed by atoms with E-state index in [0.717, 1.165) is 84.5 Å². The van der Waals surface area contributed by atoms with Crippen LogP contribution in [0.15, 0.2) is 219 Å². The van der Waals surface area contributed by atoms with Gasteiger partial charge in [0.25, 0.3) is 0 Å². The van der Waals surface area contributed by atoms with Gasteiger partial charge < -0.3 is 4.90 Å². The maximum Gasteiger partial charge on any atom is 0.145 e. The molecular formula is C55H36N6S. The summed E-state index contributed by atoms with van der Waals surface area (Å²) in [6, 6.07) is 74.6. The van der Waals surface area contributed by atoms with Crippen LogP contribution in [0.25, 0.3) is 87.6 Å². The molecule has 0 fully saturated rings. The van der Waals surface area contributed by atoms with Gasteiger partial charge in [-0.3, -0.25) is 14.1 Å². The fourth-order valence-electron chi connectivity index (χ4n) is 8.74. The van der Waals surface area contributed by atoms with E-state index in [9.17, 15) is 0 Å². The zero-order chi connectivity index (χ0) is 41.0. The van der Waals surface area contributed by atoms with E-state index in [1.54, 1.807) is 0 Å². The predicted molar refractivity (Wildman–Crippen MR) is 257 cm³/mol. The number of fused-ring (bicyclic) bond motifs is 5. The summed E-state index contributed by atoms with van der Waals surface area (Å²) in [5.74, 6) is 1.79. The Morgan fingerprint density at radius 1 is 0.387 bits per heavy atom. The Kier molecular flexibility index (Phi) is 8.57. The third-order valence-electron chi connectivity index (χ3n) is 11.6. The first-order chi connectivity index (χ1) is 30.7. The van der Waals surface area contributed by atoms with Crippen LogP contribution in [0.4, 0.5) is 17.1 Å². The van der Waals surface area contributed by atoms with Crippen LogP contribution in [0.2, 0.25) is 0 Å². The van der Waals surface area contributed by atoms with Crippen LogP contribution in [-0.2, 0) is 0 Å². The summed E-state index contributed by atoms with van der Waals surface area (Å²) in [7, 11) is 0. The van der Waals surface area contributed by atoms with Gasteiger partial charge in [0, 0.05) is 71.5 Å². The van der Waals surface area contributed by atoms with Crippen LogP contribution < -0.4 is 4.90 Å². The first-order valence-electron chi connectivity index (χ1n) is 20.7. The maximum absolute atomic E-state index is 5.14. The molecule has 292 valence electrons. The Bertz CT molecular complexity index is 3390. The summed E-state index contributed by atoms with van der Waals surface area (Å²) in [6.45, 7) is 0. The lowest BCUT2D eigenvalue weighted by Crippen LogP contribution is -2.10. The molecule has 0 N–H and O–H groups in total. The number of hydrogen-bond donors (Lipinski definition) is 0. The predicted octanol–water partition coefficient (Wildman–Crippen LogP) is 14.6. The van der Waals surface area contributed by atoms with E-state index in [1.807, 2.05) is 41.8 Å². The molecule has 0 aliphatic carbocycles. The number of thiophene rings is 1. The Morgan fingerprint density at radius 2 is 0.839 bits per heavy atom. The van der Waals surface area contributed by atoms with Crippen molar-refractivity contribution in [1.29, 1.82) is 0 Å². The van der Waals surface area contributed by atoms with Crippen molar-refractivity contribution in [3.63, 3.8) is 0 Å². The fourth-order valence-corrected chi connectivity index (χ4v) is 9.84. The highest BCUT2D eigenvalue weighted by molar-refractivity contribution is 7.25. The van der Waals surface area contributed by atoms with E-state index < -0.39 is 0 Å². The zero-order valence-corrected chi connectivity index (χ0v) is 34.2. The van der Waals surface area contributed by atoms with E-state index in [-0.39, 0.29) is 0 Å². The topological polar surface area (TPSA) is 51.8 Å². The van der Waals surface area contributed by atoms with Crippen LogP contribution in [0, 0.1) is 0 Å². The minimum atomic E-state index is 0.896. The molecule has 6 nitrogen and oxygen atoms in total. The number of para-hydroxylation sites is 6. The maximum atomic E-state index is 5.14. The average Bonchev–Trinajstić information content (AvgIpc) is 4.05. The number of anilines is 3. The summed E-state index contributed by atoms with van der Waals surface area (Å²) < 4.78 is 7.00. The smallest absolute Gasteiger partial charge is 0.145 e. The second kappa shape index (κ2) is 14.9. The van der Waals surface area contributed by atoms with Gasteiger partial charge in [-0.05, 0) is 121 Å². The first-order valence-corrected chi connectivity index (χ1v) is 21.5. The summed E-state index contributed by atoms with van der Waals surface area (Å²) in [5.41, 5.74) is 13.4. The van der Waals surface area contributed by atoms with Gasteiger partial charge in [0.05, 0.1) is 27.8 Å². The number of hydrogen-bond acceptors (Lipinski definition) is 5. The third kappa shape index (κ3) is 6.06. The largest absolute Gasteiger partial charge is 0.311 e. The number of pyridine rings is 1. The quantitative estimate of drug-likeness (QED) is 0.153. The molecule has 0 amide bonds. The van der Waals surface area contributed by atoms with Crippen LogP contribution in [0.3, 0.4) is 0 Å². The van der Waals surface area contributed by atoms with Crippen molar-refractivity contribution in [2.75, 3.05) is 4.90 Å². The molecule has 7 heteroatoms. The third-order valence-corrected chi connectivity index (χ3v) is 12.7. The molecule has 0 saturated carbocycles. The zero-order valence-electron chi connectivity index (χ0n) is 33.4. The second-order valence-electron chi connectivity index (χ2n) is 15.3. The van der Waals surface area contributed by atoms with Crippen LogP contribution in [0.1, 0.15) is 0 Å². The lowest BCUT2D eigenvalue weighted by molar-refractivity contribution is 1.10. The van der Waals surface area contributed by atoms with Crippen molar-refractivity contribution in [3.8, 4) is 45.4 Å². The highest BCUT2D eigenvalue weighted by Crippen LogP contribution is 2.42. The Morgan fingerprint density at radius 3 is 1.37 bits per heavy atom. The van der Waals surface area contributed by atoms with Gasteiger partial charge in [-0.1, -0.05) is 91.0 Å². The van der Waals surface area contributed by atoms with Crippen molar-refractivity contribution in [2.24, 2.45) is 0 Å². The minimum Gasteiger partial charge on any atom is -0.311 e. The van der Waals surface area contributed by atoms with Gasteiger partial charge in [-0.15, -0.1) is 11.3 Å². The molecule has 8 aromatic carbocycles. The van der Waals surface area contributed by atoms with Crippen LogP contribution in [-0.4, -0.2) is 24.1 Å². The summed E-state index contributed by atoms with van der Waals surface area (Å²) in [5, 5.41) is 2.44. The molecule has 0 atom stereocenters. The summed E-state index contributed by atoms with van der Waals surface area (Å²) in [6.07, 6.45) is 1.93. The summed E-state index contributed by atoms with van der Waals surface area (Å²) >= 11 is 1.81. The SMILES string of the molecule is c1ccc(-n2c(-c3ccc(N(c4ccc(-c5nccc6sc7ccccc7c56)cc4)c4ccc(-c5nc6ccccc6n5-c5ccccc5)cc4)cc3)nc3ccccc32)cc1. The van der Waals surface area contributed by atoms with Crippen molar-refractivity contribution in [3.05, 3.63) is 219 Å². The van der Waals surface area contributed by atoms with Gasteiger partial charge in [0.2, 0.25) is 0 Å². The molecule has 0 aliphatic rings. The highest BCUT2D eigenvalue weighted by Gasteiger charge is 2.20. The molecule has 0 aliphatic heterocycles. The summed E-state index contributed by atoms with van der Waals surface area (Å²) in [4.78, 5) is 17.5. The molecule has 4 aromatic heterocycles. The molecule has 0 spiro atoms. The minimum absolute atomic E-state index is 0.896. The second-order valence-corrected chi connectivity index (χ2v) is 16.4. The fraction of sp³-hybridized carbons (Fsp3) is 0. The molecule has 0 bridgehead atoms. The Labute approximate surface area is 361 Å². The van der Waals surface area contributed by atoms with Crippen molar-refractivity contribution >= 4 is 70.6 Å². The van der Waals surface area contributed by atoms with E-state index in [1.165, 1.54) is 20.2 Å². The Balaban J connectivity index is 0.973. The van der Waals surface area contributed by atoms with Crippen LogP contribution >= 0.6 is 11.3 Å². The molecule has 0 saturated heterocycles. The molecule has 0 unspecified atom stereocenters. The van der Waals surface area contributed by atoms with Crippen molar-refractivity contribution < 1.29 is 0 Å². The monoisotopic (exact) mass is 812 g/mol. The molecule has 4 heterocycles. The van der Waals surface area contributed by atoms with Gasteiger partial charge in [-0.25, -0.2) is 9.97 Å². The molecule has 62 heavy (non-hydrogen) atoms. The van der Waals surface area contributed by atoms with Gasteiger partial charge in [-0.2, -0.15) is 0 Å². The Hall–Kier alpha value is -8.13. The first kappa shape index (κ1) is 35.8. The van der Waals surface area contributed by atoms with Crippen molar-refractivity contribution in [1.82, 2.24) is 24.1 Å². The number of nitrogens with zero attached hydrogens (tertiary/aromatic N) is 6. The molecule has 0 radical (unpaired) electrons. The molecular weight excluding hydrogens is 777 g/mol. The van der Waals surface area contributed by atoms with Gasteiger partial charge in [0.15, 0.2) is 0 Å². The number of aromatic nitrogens is 5. The van der Waals surface area contributed by atoms with E-state index in [0.29, 0.717) is 0 Å². The van der Waals surface area contributed by atoms with Crippen LogP contribution in [0.5, 0.6) is 0 Å².